The first-order valence-corrected chi connectivity index (χ1v) is 9.36. The average molecular weight is 421 g/mol. The number of esters is 1. The minimum Gasteiger partial charge on any atom is -0.452 e. The highest BCUT2D eigenvalue weighted by Crippen LogP contribution is 2.33. The van der Waals surface area contributed by atoms with E-state index in [1.165, 1.54) is 42.5 Å². The molecule has 0 unspecified atom stereocenters. The molecule has 0 saturated carbocycles. The summed E-state index contributed by atoms with van der Waals surface area (Å²) in [5.74, 6) is -0.715. The van der Waals surface area contributed by atoms with Crippen LogP contribution in [-0.2, 0) is 9.53 Å². The smallest absolute Gasteiger partial charge is 0.338 e. The van der Waals surface area contributed by atoms with Gasteiger partial charge in [0.05, 0.1) is 10.5 Å². The molecule has 1 N–H and O–H groups in total. The van der Waals surface area contributed by atoms with Crippen LogP contribution in [0.4, 0.5) is 5.69 Å². The number of nitrogens with zero attached hydrogens (tertiary/aromatic N) is 1. The van der Waals surface area contributed by atoms with Gasteiger partial charge in [-0.1, -0.05) is 24.9 Å². The van der Waals surface area contributed by atoms with Gasteiger partial charge in [0.2, 0.25) is 5.75 Å². The average Bonchev–Trinajstić information content (AvgIpc) is 2.68. The van der Waals surface area contributed by atoms with Crippen molar-refractivity contribution in [3.8, 4) is 11.5 Å². The molecule has 2 aromatic carbocycles. The lowest BCUT2D eigenvalue weighted by molar-refractivity contribution is -0.385. The Morgan fingerprint density at radius 3 is 2.52 bits per heavy atom. The Morgan fingerprint density at radius 2 is 1.90 bits per heavy atom. The fourth-order valence-corrected chi connectivity index (χ4v) is 2.71. The quantitative estimate of drug-likeness (QED) is 0.363. The number of carbonyl (C=O) groups excluding carboxylic acids is 2. The van der Waals surface area contributed by atoms with Gasteiger partial charge in [0.15, 0.2) is 6.61 Å². The molecule has 0 radical (unpaired) electrons. The van der Waals surface area contributed by atoms with Crippen LogP contribution in [0.1, 0.15) is 37.0 Å². The van der Waals surface area contributed by atoms with E-state index in [0.717, 1.165) is 12.8 Å². The summed E-state index contributed by atoms with van der Waals surface area (Å²) < 4.78 is 10.5. The Kier molecular flexibility index (Phi) is 7.97. The van der Waals surface area contributed by atoms with E-state index in [2.05, 4.69) is 5.32 Å². The van der Waals surface area contributed by atoms with Gasteiger partial charge >= 0.3 is 11.7 Å². The molecule has 0 fully saturated rings. The normalized spacial score (nSPS) is 11.4. The molecule has 0 aliphatic rings. The number of amides is 1. The fraction of sp³-hybridized carbons (Fsp3) is 0.300. The van der Waals surface area contributed by atoms with Crippen LogP contribution in [0.15, 0.2) is 42.5 Å². The van der Waals surface area contributed by atoms with Crippen molar-refractivity contribution in [2.45, 2.75) is 32.7 Å². The highest BCUT2D eigenvalue weighted by atomic mass is 35.5. The molecular weight excluding hydrogens is 400 g/mol. The molecule has 29 heavy (non-hydrogen) atoms. The molecule has 0 saturated heterocycles. The summed E-state index contributed by atoms with van der Waals surface area (Å²) in [4.78, 5) is 34.3. The molecule has 0 heterocycles. The van der Waals surface area contributed by atoms with Gasteiger partial charge in [-0.25, -0.2) is 4.79 Å². The SMILES string of the molecule is CCC[C@@H](C)NC(=O)COC(=O)c1ccc(Oc2ccc(Cl)cc2[N+](=O)[O-])cc1. The number of nitro benzene ring substituents is 1. The van der Waals surface area contributed by atoms with Crippen LogP contribution >= 0.6 is 11.6 Å². The predicted octanol–water partition coefficient (Wildman–Crippen LogP) is 4.50. The lowest BCUT2D eigenvalue weighted by Crippen LogP contribution is -2.35. The zero-order valence-corrected chi connectivity index (χ0v) is 16.8. The molecule has 0 spiro atoms. The van der Waals surface area contributed by atoms with Crippen molar-refractivity contribution in [1.29, 1.82) is 0 Å². The van der Waals surface area contributed by atoms with Crippen molar-refractivity contribution in [2.75, 3.05) is 6.61 Å². The van der Waals surface area contributed by atoms with Gasteiger partial charge in [-0.3, -0.25) is 14.9 Å². The third-order valence-corrected chi connectivity index (χ3v) is 4.13. The van der Waals surface area contributed by atoms with Gasteiger partial charge in [-0.15, -0.1) is 0 Å². The number of nitro groups is 1. The summed E-state index contributed by atoms with van der Waals surface area (Å²) in [6.07, 6.45) is 1.78. The second-order valence-corrected chi connectivity index (χ2v) is 6.77. The van der Waals surface area contributed by atoms with Crippen LogP contribution in [0.5, 0.6) is 11.5 Å². The molecule has 9 heteroatoms. The van der Waals surface area contributed by atoms with E-state index < -0.39 is 10.9 Å². The predicted molar refractivity (Wildman–Crippen MR) is 107 cm³/mol. The van der Waals surface area contributed by atoms with Crippen LogP contribution in [0.2, 0.25) is 5.02 Å². The van der Waals surface area contributed by atoms with E-state index in [4.69, 9.17) is 21.1 Å². The summed E-state index contributed by atoms with van der Waals surface area (Å²) in [6.45, 7) is 3.52. The summed E-state index contributed by atoms with van der Waals surface area (Å²) in [5.41, 5.74) is -0.0540. The van der Waals surface area contributed by atoms with E-state index in [0.29, 0.717) is 0 Å². The van der Waals surface area contributed by atoms with Crippen molar-refractivity contribution in [1.82, 2.24) is 5.32 Å². The van der Waals surface area contributed by atoms with E-state index in [1.807, 2.05) is 13.8 Å². The van der Waals surface area contributed by atoms with Crippen LogP contribution in [0.3, 0.4) is 0 Å². The number of ether oxygens (including phenoxy) is 2. The second kappa shape index (κ2) is 10.4. The van der Waals surface area contributed by atoms with Crippen molar-refractivity contribution in [3.05, 3.63) is 63.2 Å². The lowest BCUT2D eigenvalue weighted by Gasteiger charge is -2.12. The first-order chi connectivity index (χ1) is 13.8. The monoisotopic (exact) mass is 420 g/mol. The summed E-state index contributed by atoms with van der Waals surface area (Å²) >= 11 is 5.77. The standard InChI is InChI=1S/C20H21ClN2O6/c1-3-4-13(2)22-19(24)12-28-20(25)14-5-8-16(9-6-14)29-18-10-7-15(21)11-17(18)23(26)27/h5-11,13H,3-4,12H2,1-2H3,(H,22,24)/t13-/m1/s1. The van der Waals surface area contributed by atoms with E-state index in [1.54, 1.807) is 0 Å². The third kappa shape index (κ3) is 6.76. The van der Waals surface area contributed by atoms with Crippen LogP contribution in [0.25, 0.3) is 0 Å². The minimum atomic E-state index is -0.660. The maximum atomic E-state index is 12.1. The molecule has 2 aromatic rings. The van der Waals surface area contributed by atoms with Crippen molar-refractivity contribution >= 4 is 29.2 Å². The van der Waals surface area contributed by atoms with E-state index in [9.17, 15) is 19.7 Å². The lowest BCUT2D eigenvalue weighted by atomic mass is 10.2. The van der Waals surface area contributed by atoms with Gasteiger partial charge < -0.3 is 14.8 Å². The van der Waals surface area contributed by atoms with Crippen LogP contribution < -0.4 is 10.1 Å². The number of benzene rings is 2. The molecule has 0 aliphatic carbocycles. The number of halogens is 1. The summed E-state index contributed by atoms with van der Waals surface area (Å²) in [5, 5.41) is 14.1. The Bertz CT molecular complexity index is 885. The zero-order chi connectivity index (χ0) is 21.4. The Labute approximate surface area is 172 Å². The Balaban J connectivity index is 1.96. The van der Waals surface area contributed by atoms with E-state index in [-0.39, 0.29) is 46.3 Å². The number of carbonyl (C=O) groups is 2. The van der Waals surface area contributed by atoms with Crippen LogP contribution in [-0.4, -0.2) is 29.4 Å². The largest absolute Gasteiger partial charge is 0.452 e. The molecule has 8 nitrogen and oxygen atoms in total. The number of nitrogens with one attached hydrogen (secondary N) is 1. The maximum absolute atomic E-state index is 12.1. The van der Waals surface area contributed by atoms with Crippen molar-refractivity contribution in [3.63, 3.8) is 0 Å². The Morgan fingerprint density at radius 1 is 1.21 bits per heavy atom. The van der Waals surface area contributed by atoms with Gasteiger partial charge in [0.25, 0.3) is 5.91 Å². The van der Waals surface area contributed by atoms with Gasteiger partial charge in [-0.05, 0) is 49.7 Å². The van der Waals surface area contributed by atoms with E-state index >= 15 is 0 Å². The summed E-state index contributed by atoms with van der Waals surface area (Å²) in [6, 6.07) is 9.89. The molecule has 0 aromatic heterocycles. The first kappa shape index (κ1) is 22.2. The number of hydrogen-bond acceptors (Lipinski definition) is 6. The zero-order valence-electron chi connectivity index (χ0n) is 16.0. The second-order valence-electron chi connectivity index (χ2n) is 6.33. The molecule has 1 amide bonds. The van der Waals surface area contributed by atoms with Gasteiger partial charge in [0, 0.05) is 17.1 Å². The molecule has 154 valence electrons. The minimum absolute atomic E-state index is 0.0135. The van der Waals surface area contributed by atoms with Gasteiger partial charge in [-0.2, -0.15) is 0 Å². The van der Waals surface area contributed by atoms with Gasteiger partial charge in [0.1, 0.15) is 5.75 Å². The molecular formula is C20H21ClN2O6. The molecule has 2 rings (SSSR count). The first-order valence-electron chi connectivity index (χ1n) is 8.98. The fourth-order valence-electron chi connectivity index (χ4n) is 2.54. The van der Waals surface area contributed by atoms with Crippen molar-refractivity contribution < 1.29 is 24.0 Å². The van der Waals surface area contributed by atoms with Crippen LogP contribution in [0, 0.1) is 10.1 Å². The maximum Gasteiger partial charge on any atom is 0.338 e. The number of rotatable bonds is 9. The number of hydrogen-bond donors (Lipinski definition) is 1. The highest BCUT2D eigenvalue weighted by molar-refractivity contribution is 6.30. The topological polar surface area (TPSA) is 108 Å². The highest BCUT2D eigenvalue weighted by Gasteiger charge is 2.17. The summed E-state index contributed by atoms with van der Waals surface area (Å²) in [7, 11) is 0. The van der Waals surface area contributed by atoms with Crippen molar-refractivity contribution in [2.24, 2.45) is 0 Å². The molecule has 1 atom stereocenters. The third-order valence-electron chi connectivity index (χ3n) is 3.90. The molecule has 0 bridgehead atoms. The Hall–Kier alpha value is -3.13. The molecule has 0 aliphatic heterocycles.